The number of benzene rings is 1. The molecule has 0 radical (unpaired) electrons. The van der Waals surface area contributed by atoms with Crippen molar-refractivity contribution in [3.63, 3.8) is 0 Å². The molecule has 1 aromatic rings. The van der Waals surface area contributed by atoms with Crippen LogP contribution in [0, 0.1) is 0 Å². The van der Waals surface area contributed by atoms with Gasteiger partial charge in [-0.25, -0.2) is 0 Å². The molecule has 112 valence electrons. The van der Waals surface area contributed by atoms with Crippen molar-refractivity contribution in [2.24, 2.45) is 10.2 Å². The Labute approximate surface area is 121 Å². The molecule has 0 saturated carbocycles. The molecule has 0 N–H and O–H groups in total. The summed E-state index contributed by atoms with van der Waals surface area (Å²) >= 11 is 0. The number of alkyl halides is 3. The zero-order chi connectivity index (χ0) is 15.6. The molecule has 1 aliphatic heterocycles. The summed E-state index contributed by atoms with van der Waals surface area (Å²) in [6, 6.07) is 5.26. The molecule has 0 aromatic heterocycles. The highest BCUT2D eigenvalue weighted by Crippen LogP contribution is 2.30. The van der Waals surface area contributed by atoms with Gasteiger partial charge in [-0.05, 0) is 36.3 Å². The molecule has 6 heteroatoms. The molecule has 2 rings (SSSR count). The summed E-state index contributed by atoms with van der Waals surface area (Å²) in [5.41, 5.74) is 1.45. The van der Waals surface area contributed by atoms with Gasteiger partial charge in [0.1, 0.15) is 5.84 Å². The summed E-state index contributed by atoms with van der Waals surface area (Å²) in [6.45, 7) is 1.80. The van der Waals surface area contributed by atoms with E-state index in [0.29, 0.717) is 12.0 Å². The lowest BCUT2D eigenvalue weighted by molar-refractivity contribution is -0.137. The zero-order valence-electron chi connectivity index (χ0n) is 12.1. The van der Waals surface area contributed by atoms with Crippen LogP contribution in [0.4, 0.5) is 13.2 Å². The summed E-state index contributed by atoms with van der Waals surface area (Å²) in [5.74, 6) is 0.777. The Balaban J connectivity index is 2.33. The summed E-state index contributed by atoms with van der Waals surface area (Å²) < 4.78 is 38.2. The van der Waals surface area contributed by atoms with E-state index in [0.717, 1.165) is 29.3 Å². The quantitative estimate of drug-likeness (QED) is 0.774. The van der Waals surface area contributed by atoms with Crippen molar-refractivity contribution >= 4 is 17.6 Å². The van der Waals surface area contributed by atoms with Crippen molar-refractivity contribution in [3.05, 3.63) is 41.0 Å². The molecule has 0 bridgehead atoms. The van der Waals surface area contributed by atoms with Crippen molar-refractivity contribution in [2.75, 3.05) is 14.1 Å². The fraction of sp³-hybridized carbons (Fsp3) is 0.333. The molecular formula is C15H16F3N3. The van der Waals surface area contributed by atoms with E-state index in [1.165, 1.54) is 6.07 Å². The van der Waals surface area contributed by atoms with Crippen molar-refractivity contribution in [1.82, 2.24) is 4.90 Å². The van der Waals surface area contributed by atoms with E-state index in [1.807, 2.05) is 19.0 Å². The third-order valence-corrected chi connectivity index (χ3v) is 3.20. The maximum absolute atomic E-state index is 12.7. The molecule has 0 fully saturated rings. The first kappa shape index (κ1) is 15.3. The third kappa shape index (κ3) is 3.71. The van der Waals surface area contributed by atoms with E-state index in [2.05, 4.69) is 10.2 Å². The van der Waals surface area contributed by atoms with E-state index in [9.17, 15) is 13.2 Å². The Kier molecular flexibility index (Phi) is 4.16. The summed E-state index contributed by atoms with van der Waals surface area (Å²) in [5, 5.41) is 8.12. The number of hydrogen-bond acceptors (Lipinski definition) is 3. The predicted molar refractivity (Wildman–Crippen MR) is 78.3 cm³/mol. The Morgan fingerprint density at radius 2 is 1.90 bits per heavy atom. The highest BCUT2D eigenvalue weighted by Gasteiger charge is 2.30. The highest BCUT2D eigenvalue weighted by molar-refractivity contribution is 6.08. The van der Waals surface area contributed by atoms with Crippen molar-refractivity contribution in [1.29, 1.82) is 0 Å². The minimum Gasteiger partial charge on any atom is -0.364 e. The smallest absolute Gasteiger partial charge is 0.364 e. The maximum atomic E-state index is 12.7. The first-order valence-corrected chi connectivity index (χ1v) is 6.44. The van der Waals surface area contributed by atoms with Gasteiger partial charge in [0, 0.05) is 20.5 Å². The predicted octanol–water partition coefficient (Wildman–Crippen LogP) is 3.83. The fourth-order valence-corrected chi connectivity index (χ4v) is 1.94. The van der Waals surface area contributed by atoms with Gasteiger partial charge in [-0.2, -0.15) is 18.3 Å². The van der Waals surface area contributed by atoms with Gasteiger partial charge < -0.3 is 4.90 Å². The average molecular weight is 295 g/mol. The molecule has 1 aliphatic rings. The molecule has 0 spiro atoms. The van der Waals surface area contributed by atoms with E-state index in [4.69, 9.17) is 0 Å². The largest absolute Gasteiger partial charge is 0.416 e. The summed E-state index contributed by atoms with van der Waals surface area (Å²) in [4.78, 5) is 1.84. The highest BCUT2D eigenvalue weighted by atomic mass is 19.4. The van der Waals surface area contributed by atoms with Gasteiger partial charge >= 0.3 is 6.18 Å². The van der Waals surface area contributed by atoms with Gasteiger partial charge in [-0.15, -0.1) is 5.10 Å². The van der Waals surface area contributed by atoms with Crippen LogP contribution in [0.25, 0.3) is 6.08 Å². The third-order valence-electron chi connectivity index (χ3n) is 3.20. The van der Waals surface area contributed by atoms with E-state index in [1.54, 1.807) is 19.1 Å². The Morgan fingerprint density at radius 1 is 1.19 bits per heavy atom. The summed E-state index contributed by atoms with van der Waals surface area (Å²) in [6.07, 6.45) is -2.05. The second-order valence-corrected chi connectivity index (χ2v) is 5.07. The standard InChI is InChI=1S/C15H16F3N3/c1-10-12(9-14(20-19-10)21(2)3)7-11-5-4-6-13(8-11)15(16,17)18/h4-8H,9H2,1-3H3/b12-7+. The average Bonchev–Trinajstić information content (AvgIpc) is 2.40. The lowest BCUT2D eigenvalue weighted by Gasteiger charge is -2.19. The molecule has 1 aromatic carbocycles. The maximum Gasteiger partial charge on any atom is 0.416 e. The second kappa shape index (κ2) is 5.71. The van der Waals surface area contributed by atoms with Gasteiger partial charge in [-0.3, -0.25) is 0 Å². The Bertz CT molecular complexity index is 625. The lowest BCUT2D eigenvalue weighted by Crippen LogP contribution is -2.25. The van der Waals surface area contributed by atoms with Crippen LogP contribution in [-0.4, -0.2) is 30.5 Å². The molecule has 21 heavy (non-hydrogen) atoms. The van der Waals surface area contributed by atoms with Crippen LogP contribution >= 0.6 is 0 Å². The minimum atomic E-state index is -4.33. The molecule has 0 atom stereocenters. The normalized spacial score (nSPS) is 17.5. The van der Waals surface area contributed by atoms with E-state index in [-0.39, 0.29) is 0 Å². The van der Waals surface area contributed by atoms with Crippen LogP contribution < -0.4 is 0 Å². The van der Waals surface area contributed by atoms with Gasteiger partial charge in [0.05, 0.1) is 11.3 Å². The van der Waals surface area contributed by atoms with Gasteiger partial charge in [0.25, 0.3) is 0 Å². The first-order chi connectivity index (χ1) is 9.77. The Hall–Kier alpha value is -2.11. The molecule has 0 aliphatic carbocycles. The van der Waals surface area contributed by atoms with Crippen molar-refractivity contribution < 1.29 is 13.2 Å². The SMILES string of the molecule is CC1=NN=C(N(C)C)C/C1=C\c1cccc(C(F)(F)F)c1. The topological polar surface area (TPSA) is 28.0 Å². The fourth-order valence-electron chi connectivity index (χ4n) is 1.94. The summed E-state index contributed by atoms with van der Waals surface area (Å²) in [7, 11) is 3.72. The number of rotatable bonds is 1. The molecule has 0 unspecified atom stereocenters. The molecule has 0 saturated heterocycles. The Morgan fingerprint density at radius 3 is 2.52 bits per heavy atom. The van der Waals surface area contributed by atoms with Gasteiger partial charge in [-0.1, -0.05) is 12.1 Å². The van der Waals surface area contributed by atoms with Gasteiger partial charge in [0.2, 0.25) is 0 Å². The van der Waals surface area contributed by atoms with Crippen LogP contribution in [0.2, 0.25) is 0 Å². The van der Waals surface area contributed by atoms with Crippen LogP contribution in [0.3, 0.4) is 0 Å². The second-order valence-electron chi connectivity index (χ2n) is 5.07. The number of nitrogens with zero attached hydrogens (tertiary/aromatic N) is 3. The first-order valence-electron chi connectivity index (χ1n) is 6.44. The number of halogens is 3. The van der Waals surface area contributed by atoms with Crippen LogP contribution in [0.5, 0.6) is 0 Å². The van der Waals surface area contributed by atoms with Gasteiger partial charge in [0.15, 0.2) is 0 Å². The van der Waals surface area contributed by atoms with Crippen LogP contribution in [0.15, 0.2) is 40.0 Å². The molecule has 0 amide bonds. The minimum absolute atomic E-state index is 0.509. The van der Waals surface area contributed by atoms with E-state index < -0.39 is 11.7 Å². The van der Waals surface area contributed by atoms with Crippen molar-refractivity contribution in [3.8, 4) is 0 Å². The molecule has 3 nitrogen and oxygen atoms in total. The lowest BCUT2D eigenvalue weighted by atomic mass is 10.0. The van der Waals surface area contributed by atoms with Crippen LogP contribution in [-0.2, 0) is 6.18 Å². The number of amidine groups is 1. The molecular weight excluding hydrogens is 279 g/mol. The monoisotopic (exact) mass is 295 g/mol. The van der Waals surface area contributed by atoms with E-state index >= 15 is 0 Å². The molecule has 1 heterocycles. The van der Waals surface area contributed by atoms with Crippen LogP contribution in [0.1, 0.15) is 24.5 Å². The zero-order valence-corrected chi connectivity index (χ0v) is 12.1. The number of hydrogen-bond donors (Lipinski definition) is 0. The van der Waals surface area contributed by atoms with Crippen molar-refractivity contribution in [2.45, 2.75) is 19.5 Å².